The zero-order chi connectivity index (χ0) is 12.3. The number of aryl methyl sites for hydroxylation is 1. The summed E-state index contributed by atoms with van der Waals surface area (Å²) in [5, 5.41) is 0. The standard InChI is InChI=1S/C14H21FN2/c1-11-5-6-12(8-14(11)15)10-17-7-3-2-4-13(17)9-16/h5-6,8,13H,2-4,7,9-10,16H2,1H3/t13-/m1/s1. The highest BCUT2D eigenvalue weighted by Gasteiger charge is 2.20. The summed E-state index contributed by atoms with van der Waals surface area (Å²) in [5.74, 6) is -0.108. The number of benzene rings is 1. The van der Waals surface area contributed by atoms with Crippen molar-refractivity contribution in [3.8, 4) is 0 Å². The molecule has 2 nitrogen and oxygen atoms in total. The Morgan fingerprint density at radius 1 is 1.41 bits per heavy atom. The lowest BCUT2D eigenvalue weighted by molar-refractivity contribution is 0.144. The van der Waals surface area contributed by atoms with Gasteiger partial charge in [-0.15, -0.1) is 0 Å². The van der Waals surface area contributed by atoms with Gasteiger partial charge >= 0.3 is 0 Å². The predicted molar refractivity (Wildman–Crippen MR) is 68.2 cm³/mol. The Labute approximate surface area is 103 Å². The molecule has 0 saturated carbocycles. The second-order valence-electron chi connectivity index (χ2n) is 4.94. The van der Waals surface area contributed by atoms with Crippen LogP contribution in [0, 0.1) is 12.7 Å². The van der Waals surface area contributed by atoms with Crippen LogP contribution >= 0.6 is 0 Å². The lowest BCUT2D eigenvalue weighted by Crippen LogP contribution is -2.43. The monoisotopic (exact) mass is 236 g/mol. The molecule has 1 atom stereocenters. The van der Waals surface area contributed by atoms with Gasteiger partial charge in [-0.1, -0.05) is 18.6 Å². The largest absolute Gasteiger partial charge is 0.329 e. The Kier molecular flexibility index (Phi) is 4.13. The number of rotatable bonds is 3. The summed E-state index contributed by atoms with van der Waals surface area (Å²) in [7, 11) is 0. The summed E-state index contributed by atoms with van der Waals surface area (Å²) >= 11 is 0. The van der Waals surface area contributed by atoms with Crippen LogP contribution in [0.5, 0.6) is 0 Å². The molecule has 0 aromatic heterocycles. The van der Waals surface area contributed by atoms with Gasteiger partial charge in [0.15, 0.2) is 0 Å². The fourth-order valence-corrected chi connectivity index (χ4v) is 2.50. The lowest BCUT2D eigenvalue weighted by atomic mass is 10.0. The molecule has 94 valence electrons. The van der Waals surface area contributed by atoms with Crippen molar-refractivity contribution >= 4 is 0 Å². The fourth-order valence-electron chi connectivity index (χ4n) is 2.50. The van der Waals surface area contributed by atoms with Gasteiger partial charge in [0.05, 0.1) is 0 Å². The molecule has 2 N–H and O–H groups in total. The minimum absolute atomic E-state index is 0.108. The summed E-state index contributed by atoms with van der Waals surface area (Å²) < 4.78 is 13.5. The molecule has 0 radical (unpaired) electrons. The van der Waals surface area contributed by atoms with Crippen LogP contribution < -0.4 is 5.73 Å². The Bertz CT molecular complexity index is 378. The molecule has 0 aliphatic carbocycles. The van der Waals surface area contributed by atoms with Gasteiger partial charge in [-0.2, -0.15) is 0 Å². The summed E-state index contributed by atoms with van der Waals surface area (Å²) in [4.78, 5) is 2.38. The van der Waals surface area contributed by atoms with E-state index in [1.54, 1.807) is 13.0 Å². The molecular formula is C14H21FN2. The summed E-state index contributed by atoms with van der Waals surface area (Å²) in [6.45, 7) is 4.40. The highest BCUT2D eigenvalue weighted by atomic mass is 19.1. The number of piperidine rings is 1. The third kappa shape index (κ3) is 3.05. The average molecular weight is 236 g/mol. The van der Waals surface area contributed by atoms with E-state index in [1.807, 2.05) is 12.1 Å². The molecule has 0 spiro atoms. The third-order valence-corrected chi connectivity index (χ3v) is 3.64. The van der Waals surface area contributed by atoms with Crippen LogP contribution in [-0.2, 0) is 6.54 Å². The van der Waals surface area contributed by atoms with E-state index in [0.29, 0.717) is 18.2 Å². The second kappa shape index (κ2) is 5.61. The van der Waals surface area contributed by atoms with Gasteiger partial charge in [-0.25, -0.2) is 4.39 Å². The minimum atomic E-state index is -0.108. The Morgan fingerprint density at radius 2 is 2.24 bits per heavy atom. The molecule has 0 amide bonds. The maximum absolute atomic E-state index is 13.5. The SMILES string of the molecule is Cc1ccc(CN2CCCC[C@@H]2CN)cc1F. The van der Waals surface area contributed by atoms with Crippen LogP contribution in [0.4, 0.5) is 4.39 Å². The van der Waals surface area contributed by atoms with Crippen molar-refractivity contribution in [1.29, 1.82) is 0 Å². The van der Waals surface area contributed by atoms with E-state index in [4.69, 9.17) is 5.73 Å². The molecule has 1 aliphatic heterocycles. The summed E-state index contributed by atoms with van der Waals surface area (Å²) in [6.07, 6.45) is 3.66. The number of hydrogen-bond acceptors (Lipinski definition) is 2. The molecule has 0 unspecified atom stereocenters. The van der Waals surface area contributed by atoms with E-state index in [-0.39, 0.29) is 5.82 Å². The van der Waals surface area contributed by atoms with Gasteiger partial charge in [0.25, 0.3) is 0 Å². The van der Waals surface area contributed by atoms with Crippen molar-refractivity contribution in [2.75, 3.05) is 13.1 Å². The predicted octanol–water partition coefficient (Wildman–Crippen LogP) is 2.45. The molecule has 1 aliphatic rings. The second-order valence-corrected chi connectivity index (χ2v) is 4.94. The van der Waals surface area contributed by atoms with E-state index in [9.17, 15) is 4.39 Å². The maximum Gasteiger partial charge on any atom is 0.126 e. The first-order valence-electron chi connectivity index (χ1n) is 6.40. The van der Waals surface area contributed by atoms with Gasteiger partial charge in [0, 0.05) is 19.1 Å². The highest BCUT2D eigenvalue weighted by molar-refractivity contribution is 5.23. The molecule has 0 bridgehead atoms. The van der Waals surface area contributed by atoms with E-state index in [0.717, 1.165) is 18.7 Å². The molecule has 1 heterocycles. The Morgan fingerprint density at radius 3 is 2.94 bits per heavy atom. The van der Waals surface area contributed by atoms with Gasteiger partial charge in [-0.05, 0) is 43.5 Å². The maximum atomic E-state index is 13.5. The lowest BCUT2D eigenvalue weighted by Gasteiger charge is -2.35. The number of hydrogen-bond donors (Lipinski definition) is 1. The molecule has 3 heteroatoms. The molecule has 17 heavy (non-hydrogen) atoms. The topological polar surface area (TPSA) is 29.3 Å². The molecule has 1 saturated heterocycles. The van der Waals surface area contributed by atoms with Crippen LogP contribution in [0.3, 0.4) is 0 Å². The van der Waals surface area contributed by atoms with E-state index >= 15 is 0 Å². The third-order valence-electron chi connectivity index (χ3n) is 3.64. The minimum Gasteiger partial charge on any atom is -0.329 e. The normalized spacial score (nSPS) is 21.7. The van der Waals surface area contributed by atoms with Crippen molar-refractivity contribution in [1.82, 2.24) is 4.90 Å². The molecule has 1 fully saturated rings. The van der Waals surface area contributed by atoms with E-state index in [1.165, 1.54) is 19.3 Å². The number of nitrogens with two attached hydrogens (primary N) is 1. The quantitative estimate of drug-likeness (QED) is 0.873. The average Bonchev–Trinajstić information content (AvgIpc) is 2.34. The molecular weight excluding hydrogens is 215 g/mol. The first-order valence-corrected chi connectivity index (χ1v) is 6.40. The van der Waals surface area contributed by atoms with Gasteiger partial charge in [-0.3, -0.25) is 4.90 Å². The van der Waals surface area contributed by atoms with Gasteiger partial charge in [0.1, 0.15) is 5.82 Å². The Balaban J connectivity index is 2.05. The van der Waals surface area contributed by atoms with Crippen LogP contribution in [-0.4, -0.2) is 24.0 Å². The van der Waals surface area contributed by atoms with Crippen molar-refractivity contribution in [3.63, 3.8) is 0 Å². The van der Waals surface area contributed by atoms with Gasteiger partial charge < -0.3 is 5.73 Å². The summed E-state index contributed by atoms with van der Waals surface area (Å²) in [6, 6.07) is 5.98. The molecule has 1 aromatic carbocycles. The van der Waals surface area contributed by atoms with Gasteiger partial charge in [0.2, 0.25) is 0 Å². The van der Waals surface area contributed by atoms with Crippen molar-refractivity contribution < 1.29 is 4.39 Å². The smallest absolute Gasteiger partial charge is 0.126 e. The fraction of sp³-hybridized carbons (Fsp3) is 0.571. The van der Waals surface area contributed by atoms with Crippen LogP contribution in [0.1, 0.15) is 30.4 Å². The van der Waals surface area contributed by atoms with Crippen LogP contribution in [0.15, 0.2) is 18.2 Å². The number of nitrogens with zero attached hydrogens (tertiary/aromatic N) is 1. The summed E-state index contributed by atoms with van der Waals surface area (Å²) in [5.41, 5.74) is 7.55. The van der Waals surface area contributed by atoms with E-state index in [2.05, 4.69) is 4.90 Å². The zero-order valence-corrected chi connectivity index (χ0v) is 10.5. The van der Waals surface area contributed by atoms with E-state index < -0.39 is 0 Å². The highest BCUT2D eigenvalue weighted by Crippen LogP contribution is 2.19. The number of likely N-dealkylation sites (tertiary alicyclic amines) is 1. The van der Waals surface area contributed by atoms with Crippen molar-refractivity contribution in [3.05, 3.63) is 35.1 Å². The first kappa shape index (κ1) is 12.5. The zero-order valence-electron chi connectivity index (χ0n) is 10.5. The van der Waals surface area contributed by atoms with Crippen LogP contribution in [0.25, 0.3) is 0 Å². The van der Waals surface area contributed by atoms with Crippen LogP contribution in [0.2, 0.25) is 0 Å². The Hall–Kier alpha value is -0.930. The molecule has 1 aromatic rings. The van der Waals surface area contributed by atoms with Crippen molar-refractivity contribution in [2.24, 2.45) is 5.73 Å². The van der Waals surface area contributed by atoms with Crippen molar-refractivity contribution in [2.45, 2.75) is 38.8 Å². The molecule has 2 rings (SSSR count). The number of halogens is 1. The first-order chi connectivity index (χ1) is 8.20.